The molecule has 0 aromatic heterocycles. The molecule has 5 heteroatoms. The molecule has 0 heterocycles. The van der Waals surface area contributed by atoms with Crippen LogP contribution in [0.5, 0.6) is 0 Å². The SMILES string of the molecule is CC(C)(C)N(C(=O)O)C1CC[C@@H]2[C@@H](C1)C[C@@H](O)[C@H]2COCc1ccccc1. The van der Waals surface area contributed by atoms with Crippen molar-refractivity contribution in [2.75, 3.05) is 6.61 Å². The maximum atomic E-state index is 11.8. The van der Waals surface area contributed by atoms with Crippen molar-refractivity contribution in [2.24, 2.45) is 17.8 Å². The number of amides is 1. The normalized spacial score (nSPS) is 30.7. The van der Waals surface area contributed by atoms with E-state index in [1.54, 1.807) is 4.90 Å². The van der Waals surface area contributed by atoms with E-state index in [9.17, 15) is 15.0 Å². The van der Waals surface area contributed by atoms with Gasteiger partial charge in [-0.05, 0) is 63.9 Å². The molecule has 3 rings (SSSR count). The minimum absolute atomic E-state index is 0.0416. The molecule has 0 radical (unpaired) electrons. The fraction of sp³-hybridized carbons (Fsp3) is 0.682. The number of benzene rings is 1. The second kappa shape index (κ2) is 8.19. The molecule has 2 aliphatic carbocycles. The van der Waals surface area contributed by atoms with Crippen LogP contribution in [0.25, 0.3) is 0 Å². The summed E-state index contributed by atoms with van der Waals surface area (Å²) in [6, 6.07) is 10.1. The average Bonchev–Trinajstić information content (AvgIpc) is 2.89. The molecule has 150 valence electrons. The molecule has 1 aromatic rings. The van der Waals surface area contributed by atoms with Gasteiger partial charge in [-0.15, -0.1) is 0 Å². The molecule has 1 amide bonds. The van der Waals surface area contributed by atoms with Crippen molar-refractivity contribution < 1.29 is 19.7 Å². The number of hydrogen-bond donors (Lipinski definition) is 2. The van der Waals surface area contributed by atoms with Crippen LogP contribution >= 0.6 is 0 Å². The number of carbonyl (C=O) groups is 1. The molecule has 0 aliphatic heterocycles. The molecule has 2 saturated carbocycles. The zero-order valence-corrected chi connectivity index (χ0v) is 16.7. The van der Waals surface area contributed by atoms with Crippen LogP contribution in [-0.4, -0.2) is 45.5 Å². The molecule has 2 fully saturated rings. The fourth-order valence-corrected chi connectivity index (χ4v) is 5.21. The first-order chi connectivity index (χ1) is 12.8. The van der Waals surface area contributed by atoms with Gasteiger partial charge in [-0.1, -0.05) is 30.3 Å². The molecular formula is C22H33NO4. The lowest BCUT2D eigenvalue weighted by molar-refractivity contribution is 0.00501. The number of aliphatic hydroxyl groups is 1. The quantitative estimate of drug-likeness (QED) is 0.811. The van der Waals surface area contributed by atoms with E-state index < -0.39 is 11.6 Å². The predicted molar refractivity (Wildman–Crippen MR) is 104 cm³/mol. The maximum absolute atomic E-state index is 11.8. The van der Waals surface area contributed by atoms with E-state index >= 15 is 0 Å². The number of ether oxygens (including phenoxy) is 1. The van der Waals surface area contributed by atoms with E-state index in [2.05, 4.69) is 0 Å². The van der Waals surface area contributed by atoms with Gasteiger partial charge in [0.15, 0.2) is 0 Å². The van der Waals surface area contributed by atoms with Crippen LogP contribution in [0.15, 0.2) is 30.3 Å². The van der Waals surface area contributed by atoms with E-state index in [1.807, 2.05) is 51.1 Å². The molecule has 1 aromatic carbocycles. The summed E-state index contributed by atoms with van der Waals surface area (Å²) in [5.41, 5.74) is 0.742. The van der Waals surface area contributed by atoms with Gasteiger partial charge in [-0.25, -0.2) is 4.79 Å². The summed E-state index contributed by atoms with van der Waals surface area (Å²) < 4.78 is 5.93. The second-order valence-electron chi connectivity index (χ2n) is 9.18. The average molecular weight is 376 g/mol. The van der Waals surface area contributed by atoms with Crippen LogP contribution in [-0.2, 0) is 11.3 Å². The van der Waals surface area contributed by atoms with E-state index in [-0.39, 0.29) is 18.1 Å². The van der Waals surface area contributed by atoms with Crippen molar-refractivity contribution >= 4 is 6.09 Å². The molecule has 27 heavy (non-hydrogen) atoms. The lowest BCUT2D eigenvalue weighted by Crippen LogP contribution is -2.53. The molecule has 1 unspecified atom stereocenters. The monoisotopic (exact) mass is 375 g/mol. The molecule has 5 nitrogen and oxygen atoms in total. The molecule has 0 bridgehead atoms. The Morgan fingerprint density at radius 3 is 2.52 bits per heavy atom. The summed E-state index contributed by atoms with van der Waals surface area (Å²) in [5, 5.41) is 20.3. The summed E-state index contributed by atoms with van der Waals surface area (Å²) >= 11 is 0. The van der Waals surface area contributed by atoms with Gasteiger partial charge in [0.1, 0.15) is 0 Å². The van der Waals surface area contributed by atoms with Gasteiger partial charge < -0.3 is 19.8 Å². The third-order valence-corrected chi connectivity index (χ3v) is 6.32. The Bertz CT molecular complexity index is 627. The maximum Gasteiger partial charge on any atom is 0.407 e. The van der Waals surface area contributed by atoms with Crippen LogP contribution in [0, 0.1) is 17.8 Å². The summed E-state index contributed by atoms with van der Waals surface area (Å²) in [5.74, 6) is 0.975. The highest BCUT2D eigenvalue weighted by atomic mass is 16.5. The highest BCUT2D eigenvalue weighted by Gasteiger charge is 2.47. The third-order valence-electron chi connectivity index (χ3n) is 6.32. The summed E-state index contributed by atoms with van der Waals surface area (Å²) in [6.07, 6.45) is 2.26. The van der Waals surface area contributed by atoms with Gasteiger partial charge in [0.25, 0.3) is 0 Å². The topological polar surface area (TPSA) is 70.0 Å². The Balaban J connectivity index is 1.58. The van der Waals surface area contributed by atoms with Crippen LogP contribution < -0.4 is 0 Å². The first kappa shape index (κ1) is 20.2. The largest absolute Gasteiger partial charge is 0.465 e. The van der Waals surface area contributed by atoms with Crippen molar-refractivity contribution in [2.45, 2.75) is 70.7 Å². The Hall–Kier alpha value is -1.59. The summed E-state index contributed by atoms with van der Waals surface area (Å²) in [7, 11) is 0. The van der Waals surface area contributed by atoms with Crippen LogP contribution in [0.1, 0.15) is 52.0 Å². The lowest BCUT2D eigenvalue weighted by Gasteiger charge is -2.44. The van der Waals surface area contributed by atoms with Crippen molar-refractivity contribution in [1.82, 2.24) is 4.90 Å². The second-order valence-corrected chi connectivity index (χ2v) is 9.18. The van der Waals surface area contributed by atoms with Crippen molar-refractivity contribution in [1.29, 1.82) is 0 Å². The van der Waals surface area contributed by atoms with Gasteiger partial charge in [-0.3, -0.25) is 0 Å². The summed E-state index contributed by atoms with van der Waals surface area (Å²) in [6.45, 7) is 7.01. The number of hydrogen-bond acceptors (Lipinski definition) is 3. The van der Waals surface area contributed by atoms with Gasteiger partial charge in [0.2, 0.25) is 0 Å². The lowest BCUT2D eigenvalue weighted by atomic mass is 9.75. The number of fused-ring (bicyclic) bond motifs is 1. The van der Waals surface area contributed by atoms with Crippen LogP contribution in [0.3, 0.4) is 0 Å². The third kappa shape index (κ3) is 4.64. The Labute approximate surface area is 162 Å². The van der Waals surface area contributed by atoms with Gasteiger partial charge in [0, 0.05) is 17.5 Å². The van der Waals surface area contributed by atoms with E-state index in [4.69, 9.17) is 4.74 Å². The van der Waals surface area contributed by atoms with Gasteiger partial charge in [0.05, 0.1) is 19.3 Å². The smallest absolute Gasteiger partial charge is 0.407 e. The highest BCUT2D eigenvalue weighted by Crippen LogP contribution is 2.47. The van der Waals surface area contributed by atoms with E-state index in [0.29, 0.717) is 25.0 Å². The first-order valence-electron chi connectivity index (χ1n) is 10.1. The minimum Gasteiger partial charge on any atom is -0.465 e. The number of carboxylic acid groups (broad SMARTS) is 1. The van der Waals surface area contributed by atoms with E-state index in [0.717, 1.165) is 31.2 Å². The molecule has 2 aliphatic rings. The molecule has 0 saturated heterocycles. The van der Waals surface area contributed by atoms with Crippen LogP contribution in [0.4, 0.5) is 4.79 Å². The number of nitrogens with zero attached hydrogens (tertiary/aromatic N) is 1. The summed E-state index contributed by atoms with van der Waals surface area (Å²) in [4.78, 5) is 13.4. The highest BCUT2D eigenvalue weighted by molar-refractivity contribution is 5.66. The molecule has 5 atom stereocenters. The van der Waals surface area contributed by atoms with Crippen molar-refractivity contribution in [3.05, 3.63) is 35.9 Å². The standard InChI is InChI=1S/C22H33NO4/c1-22(2,3)23(21(25)26)17-9-10-18-16(11-17)12-20(24)19(18)14-27-13-15-7-5-4-6-8-15/h4-8,16-20,24H,9-14H2,1-3H3,(H,25,26)/t16-,17?,18+,19-,20+/m0/s1. The zero-order valence-electron chi connectivity index (χ0n) is 16.7. The van der Waals surface area contributed by atoms with Crippen molar-refractivity contribution in [3.8, 4) is 0 Å². The molecular weight excluding hydrogens is 342 g/mol. The predicted octanol–water partition coefficient (Wildman–Crippen LogP) is 4.15. The van der Waals surface area contributed by atoms with E-state index in [1.165, 1.54) is 0 Å². The Morgan fingerprint density at radius 1 is 1.19 bits per heavy atom. The molecule has 2 N–H and O–H groups in total. The van der Waals surface area contributed by atoms with Crippen LogP contribution in [0.2, 0.25) is 0 Å². The Kier molecular flexibility index (Phi) is 6.11. The fourth-order valence-electron chi connectivity index (χ4n) is 5.21. The van der Waals surface area contributed by atoms with Gasteiger partial charge >= 0.3 is 6.09 Å². The minimum atomic E-state index is -0.841. The van der Waals surface area contributed by atoms with Gasteiger partial charge in [-0.2, -0.15) is 0 Å². The molecule has 0 spiro atoms. The number of aliphatic hydroxyl groups excluding tert-OH is 1. The number of rotatable bonds is 5. The first-order valence-corrected chi connectivity index (χ1v) is 10.1. The zero-order chi connectivity index (χ0) is 19.6. The Morgan fingerprint density at radius 2 is 1.89 bits per heavy atom. The van der Waals surface area contributed by atoms with Crippen molar-refractivity contribution in [3.63, 3.8) is 0 Å².